The molecule has 131 valence electrons. The molecule has 2 nitrogen and oxygen atoms in total. The molecule has 23 heavy (non-hydrogen) atoms. The molecular formula is C20H36NOSi. The van der Waals surface area contributed by atoms with Crippen molar-refractivity contribution in [2.75, 3.05) is 13.3 Å². The van der Waals surface area contributed by atoms with Crippen molar-refractivity contribution in [1.29, 1.82) is 0 Å². The second-order valence-electron chi connectivity index (χ2n) is 10.0. The topological polar surface area (TPSA) is 12.5 Å². The van der Waals surface area contributed by atoms with Gasteiger partial charge in [0.2, 0.25) is 0 Å². The number of hydrogen-bond acceptors (Lipinski definition) is 2. The fraction of sp³-hybridized carbons (Fsp3) is 0.950. The van der Waals surface area contributed by atoms with Crippen molar-refractivity contribution < 1.29 is 4.74 Å². The Hall–Kier alpha value is 0.137. The van der Waals surface area contributed by atoms with Gasteiger partial charge in [0.1, 0.15) is 0 Å². The number of fused-ring (bicyclic) bond motifs is 5. The minimum Gasteiger partial charge on any atom is -0.381 e. The molecule has 7 atom stereocenters. The summed E-state index contributed by atoms with van der Waals surface area (Å²) in [5.74, 6) is 3.81. The fourth-order valence-corrected chi connectivity index (χ4v) is 8.16. The monoisotopic (exact) mass is 334 g/mol. The first-order valence-corrected chi connectivity index (χ1v) is 13.8. The summed E-state index contributed by atoms with van der Waals surface area (Å²) in [6, 6.07) is 1.67. The van der Waals surface area contributed by atoms with Crippen LogP contribution >= 0.6 is 0 Å². The molecule has 3 aliphatic carbocycles. The lowest BCUT2D eigenvalue weighted by Crippen LogP contribution is -2.49. The Morgan fingerprint density at radius 2 is 1.83 bits per heavy atom. The van der Waals surface area contributed by atoms with Crippen molar-refractivity contribution in [2.45, 2.75) is 82.8 Å². The lowest BCUT2D eigenvalue weighted by atomic mass is 9.69. The summed E-state index contributed by atoms with van der Waals surface area (Å²) in [4.78, 5) is 3.01. The van der Waals surface area contributed by atoms with Crippen LogP contribution in [0.25, 0.3) is 0 Å². The van der Waals surface area contributed by atoms with Gasteiger partial charge in [-0.2, -0.15) is 0 Å². The second kappa shape index (κ2) is 6.14. The highest BCUT2D eigenvalue weighted by molar-refractivity contribution is 6.76. The Balaban J connectivity index is 1.61. The van der Waals surface area contributed by atoms with Crippen LogP contribution in [0.1, 0.15) is 44.9 Å². The third-order valence-electron chi connectivity index (χ3n) is 7.32. The van der Waals surface area contributed by atoms with E-state index in [4.69, 9.17) is 4.74 Å². The van der Waals surface area contributed by atoms with Gasteiger partial charge in [0.15, 0.2) is 0 Å². The van der Waals surface area contributed by atoms with Crippen LogP contribution in [-0.2, 0) is 4.74 Å². The molecule has 0 aromatic carbocycles. The molecule has 0 bridgehead atoms. The van der Waals surface area contributed by atoms with E-state index in [-0.39, 0.29) is 0 Å². The number of nitrogens with zero attached hydrogens (tertiary/aromatic N) is 1. The lowest BCUT2D eigenvalue weighted by Gasteiger charge is -2.41. The van der Waals surface area contributed by atoms with Crippen molar-refractivity contribution in [3.8, 4) is 0 Å². The second-order valence-corrected chi connectivity index (χ2v) is 15.4. The van der Waals surface area contributed by atoms with E-state index < -0.39 is 8.07 Å². The molecule has 7 unspecified atom stereocenters. The van der Waals surface area contributed by atoms with Crippen LogP contribution in [0.15, 0.2) is 0 Å². The van der Waals surface area contributed by atoms with E-state index in [0.29, 0.717) is 6.10 Å². The Kier molecular flexibility index (Phi) is 4.43. The Bertz CT molecular complexity index is 434. The van der Waals surface area contributed by atoms with E-state index in [1.165, 1.54) is 51.1 Å². The van der Waals surface area contributed by atoms with Gasteiger partial charge < -0.3 is 4.74 Å². The molecule has 4 rings (SSSR count). The van der Waals surface area contributed by atoms with Gasteiger partial charge in [0.25, 0.3) is 0 Å². The van der Waals surface area contributed by atoms with Crippen molar-refractivity contribution in [1.82, 2.24) is 4.90 Å². The van der Waals surface area contributed by atoms with E-state index in [2.05, 4.69) is 31.0 Å². The van der Waals surface area contributed by atoms with Crippen LogP contribution in [0.5, 0.6) is 0 Å². The molecule has 3 heteroatoms. The maximum atomic E-state index is 5.80. The van der Waals surface area contributed by atoms with Gasteiger partial charge in [-0.3, -0.25) is 4.90 Å². The number of ether oxygens (including phenoxy) is 1. The minimum atomic E-state index is -1.06. The van der Waals surface area contributed by atoms with E-state index in [0.717, 1.165) is 35.8 Å². The first-order chi connectivity index (χ1) is 11.0. The number of methoxy groups -OCH3 is 1. The SMILES string of the molecule is COC1CCC2C(C1)C1C3CCCCC3[CH]C1N2C[Si](C)(C)C. The molecule has 1 radical (unpaired) electrons. The standard InChI is InChI=1S/C20H36NOSi/c1-22-15-9-10-18-17(12-15)20-16-8-6-5-7-14(16)11-19(20)21(18)13-23(2,3)4/h11,14-20H,5-10,12-13H2,1-4H3. The summed E-state index contributed by atoms with van der Waals surface area (Å²) >= 11 is 0. The van der Waals surface area contributed by atoms with Crippen LogP contribution in [0.4, 0.5) is 0 Å². The lowest BCUT2D eigenvalue weighted by molar-refractivity contribution is 0.0186. The van der Waals surface area contributed by atoms with Crippen LogP contribution in [0, 0.1) is 30.1 Å². The minimum absolute atomic E-state index is 0.534. The normalized spacial score (nSPS) is 47.2. The van der Waals surface area contributed by atoms with Gasteiger partial charge in [-0.05, 0) is 68.4 Å². The van der Waals surface area contributed by atoms with E-state index in [1.807, 2.05) is 7.11 Å². The Labute approximate surface area is 144 Å². The quantitative estimate of drug-likeness (QED) is 0.711. The molecule has 4 aliphatic rings. The summed E-state index contributed by atoms with van der Waals surface area (Å²) in [5, 5.41) is 0. The average molecular weight is 335 g/mol. The zero-order valence-corrected chi connectivity index (χ0v) is 16.6. The zero-order chi connectivity index (χ0) is 16.2. The maximum Gasteiger partial charge on any atom is 0.0599 e. The Morgan fingerprint density at radius 3 is 2.57 bits per heavy atom. The van der Waals surface area contributed by atoms with Crippen molar-refractivity contribution in [2.24, 2.45) is 23.7 Å². The largest absolute Gasteiger partial charge is 0.381 e. The van der Waals surface area contributed by atoms with Crippen LogP contribution in [0.3, 0.4) is 0 Å². The van der Waals surface area contributed by atoms with Gasteiger partial charge in [-0.25, -0.2) is 0 Å². The highest BCUT2D eigenvalue weighted by Crippen LogP contribution is 2.58. The molecule has 3 saturated carbocycles. The summed E-state index contributed by atoms with van der Waals surface area (Å²) in [6.45, 7) is 7.66. The number of hydrogen-bond donors (Lipinski definition) is 0. The highest BCUT2D eigenvalue weighted by atomic mass is 28.3. The summed E-state index contributed by atoms with van der Waals surface area (Å²) in [7, 11) is 0.874. The smallest absolute Gasteiger partial charge is 0.0599 e. The number of likely N-dealkylation sites (tertiary alicyclic amines) is 1. The molecule has 1 saturated heterocycles. The molecule has 0 aromatic rings. The van der Waals surface area contributed by atoms with Crippen LogP contribution in [0.2, 0.25) is 19.6 Å². The van der Waals surface area contributed by atoms with Gasteiger partial charge in [0.05, 0.1) is 14.2 Å². The first kappa shape index (κ1) is 16.6. The predicted molar refractivity (Wildman–Crippen MR) is 99.0 cm³/mol. The predicted octanol–water partition coefficient (Wildman–Crippen LogP) is 4.37. The fourth-order valence-electron chi connectivity index (χ4n) is 6.62. The molecule has 0 amide bonds. The summed E-state index contributed by atoms with van der Waals surface area (Å²) < 4.78 is 5.80. The summed E-state index contributed by atoms with van der Waals surface area (Å²) in [6.07, 6.45) is 14.7. The first-order valence-electron chi connectivity index (χ1n) is 10.1. The Morgan fingerprint density at radius 1 is 1.04 bits per heavy atom. The zero-order valence-electron chi connectivity index (χ0n) is 15.6. The van der Waals surface area contributed by atoms with E-state index >= 15 is 0 Å². The van der Waals surface area contributed by atoms with Crippen LogP contribution in [-0.4, -0.2) is 44.4 Å². The van der Waals surface area contributed by atoms with Crippen molar-refractivity contribution in [3.05, 3.63) is 6.42 Å². The van der Waals surface area contributed by atoms with Gasteiger partial charge in [-0.15, -0.1) is 0 Å². The molecule has 1 aliphatic heterocycles. The molecule has 4 fully saturated rings. The molecule has 0 N–H and O–H groups in total. The average Bonchev–Trinajstić information content (AvgIpc) is 3.02. The maximum absolute atomic E-state index is 5.80. The molecule has 1 heterocycles. The summed E-state index contributed by atoms with van der Waals surface area (Å²) in [5.41, 5.74) is 0. The molecule has 0 aromatic heterocycles. The van der Waals surface area contributed by atoms with Gasteiger partial charge in [-0.1, -0.05) is 32.5 Å². The highest BCUT2D eigenvalue weighted by Gasteiger charge is 2.58. The van der Waals surface area contributed by atoms with E-state index in [9.17, 15) is 0 Å². The van der Waals surface area contributed by atoms with Gasteiger partial charge in [0, 0.05) is 19.2 Å². The molecular weight excluding hydrogens is 298 g/mol. The molecule has 0 spiro atoms. The number of rotatable bonds is 3. The van der Waals surface area contributed by atoms with Gasteiger partial charge >= 0.3 is 0 Å². The van der Waals surface area contributed by atoms with Crippen molar-refractivity contribution >= 4 is 8.07 Å². The van der Waals surface area contributed by atoms with Crippen LogP contribution < -0.4 is 0 Å². The van der Waals surface area contributed by atoms with E-state index in [1.54, 1.807) is 0 Å². The van der Waals surface area contributed by atoms with Crippen molar-refractivity contribution in [3.63, 3.8) is 0 Å². The third kappa shape index (κ3) is 2.95. The third-order valence-corrected chi connectivity index (χ3v) is 8.63.